The van der Waals surface area contributed by atoms with Crippen LogP contribution in [0.1, 0.15) is 13.8 Å². The maximum atomic E-state index is 11.6. The summed E-state index contributed by atoms with van der Waals surface area (Å²) < 4.78 is 47.7. The van der Waals surface area contributed by atoms with Gasteiger partial charge in [0, 0.05) is 18.0 Å². The molecule has 0 saturated heterocycles. The zero-order chi connectivity index (χ0) is 13.1. The first-order valence-electron chi connectivity index (χ1n) is 5.34. The average molecular weight is 282 g/mol. The van der Waals surface area contributed by atoms with E-state index in [9.17, 15) is 16.8 Å². The van der Waals surface area contributed by atoms with E-state index in [-0.39, 0.29) is 17.5 Å². The van der Waals surface area contributed by atoms with Gasteiger partial charge in [-0.3, -0.25) is 0 Å². The fraction of sp³-hybridized carbons (Fsp3) is 0.778. The third-order valence-electron chi connectivity index (χ3n) is 2.18. The molecule has 6 nitrogen and oxygen atoms in total. The first-order chi connectivity index (χ1) is 7.70. The van der Waals surface area contributed by atoms with Crippen LogP contribution in [0.3, 0.4) is 0 Å². The van der Waals surface area contributed by atoms with Gasteiger partial charge in [0.1, 0.15) is 0 Å². The number of sulfonamides is 1. The molecule has 1 unspecified atom stereocenters. The molecule has 1 heterocycles. The monoisotopic (exact) mass is 282 g/mol. The van der Waals surface area contributed by atoms with Gasteiger partial charge in [-0.05, 0) is 0 Å². The summed E-state index contributed by atoms with van der Waals surface area (Å²) in [6.07, 6.45) is 1.36. The molecule has 100 valence electrons. The summed E-state index contributed by atoms with van der Waals surface area (Å²) in [7, 11) is -6.66. The van der Waals surface area contributed by atoms with Gasteiger partial charge in [-0.15, -0.1) is 0 Å². The molecule has 0 spiro atoms. The number of hydrogen-bond acceptors (Lipinski definition) is 5. The van der Waals surface area contributed by atoms with E-state index in [1.807, 2.05) is 13.8 Å². The Morgan fingerprint density at radius 3 is 2.53 bits per heavy atom. The van der Waals surface area contributed by atoms with Crippen molar-refractivity contribution in [2.45, 2.75) is 25.9 Å². The van der Waals surface area contributed by atoms with Gasteiger partial charge in [0.2, 0.25) is 10.0 Å². The van der Waals surface area contributed by atoms with E-state index in [1.54, 1.807) is 0 Å². The second-order valence-corrected chi connectivity index (χ2v) is 8.11. The van der Waals surface area contributed by atoms with Gasteiger partial charge in [-0.2, -0.15) is 0 Å². The van der Waals surface area contributed by atoms with Gasteiger partial charge >= 0.3 is 0 Å². The average Bonchev–Trinajstić information content (AvgIpc) is 2.43. The van der Waals surface area contributed by atoms with Crippen molar-refractivity contribution in [3.05, 3.63) is 11.5 Å². The van der Waals surface area contributed by atoms with E-state index in [0.717, 1.165) is 5.41 Å². The molecule has 1 aliphatic heterocycles. The molecule has 0 aromatic carbocycles. The van der Waals surface area contributed by atoms with E-state index in [2.05, 4.69) is 10.0 Å². The molecular weight excluding hydrogens is 264 g/mol. The van der Waals surface area contributed by atoms with Crippen LogP contribution in [0.5, 0.6) is 0 Å². The molecule has 1 aliphatic rings. The maximum Gasteiger partial charge on any atom is 0.213 e. The largest absolute Gasteiger partial charge is 0.313 e. The van der Waals surface area contributed by atoms with Gasteiger partial charge in [-0.1, -0.05) is 19.9 Å². The van der Waals surface area contributed by atoms with Crippen LogP contribution in [0, 0.1) is 0 Å². The highest BCUT2D eigenvalue weighted by atomic mass is 32.2. The van der Waals surface area contributed by atoms with Gasteiger partial charge in [0.15, 0.2) is 9.84 Å². The fourth-order valence-electron chi connectivity index (χ4n) is 1.42. The number of nitrogens with one attached hydrogen (secondary N) is 2. The van der Waals surface area contributed by atoms with Crippen LogP contribution in [-0.4, -0.2) is 47.0 Å². The van der Waals surface area contributed by atoms with E-state index in [0.29, 0.717) is 6.54 Å². The predicted molar refractivity (Wildman–Crippen MR) is 66.8 cm³/mol. The molecule has 17 heavy (non-hydrogen) atoms. The van der Waals surface area contributed by atoms with Crippen LogP contribution in [0.2, 0.25) is 0 Å². The number of rotatable bonds is 6. The van der Waals surface area contributed by atoms with Crippen LogP contribution in [0.25, 0.3) is 0 Å². The minimum absolute atomic E-state index is 0.0600. The van der Waals surface area contributed by atoms with Crippen LogP contribution >= 0.6 is 0 Å². The summed E-state index contributed by atoms with van der Waals surface area (Å²) >= 11 is 0. The zero-order valence-electron chi connectivity index (χ0n) is 9.88. The van der Waals surface area contributed by atoms with Gasteiger partial charge in [0.05, 0.1) is 17.5 Å². The van der Waals surface area contributed by atoms with Crippen molar-refractivity contribution in [3.8, 4) is 0 Å². The van der Waals surface area contributed by atoms with Gasteiger partial charge in [0.25, 0.3) is 0 Å². The minimum Gasteiger partial charge on any atom is -0.313 e. The summed E-state index contributed by atoms with van der Waals surface area (Å²) in [6, 6.07) is -0.416. The zero-order valence-corrected chi connectivity index (χ0v) is 11.5. The molecule has 0 saturated carbocycles. The summed E-state index contributed by atoms with van der Waals surface area (Å²) in [5.74, 6) is -0.251. The Morgan fingerprint density at radius 2 is 2.06 bits per heavy atom. The Labute approximate surface area is 102 Å². The Bertz CT molecular complexity index is 479. The first kappa shape index (κ1) is 14.6. The van der Waals surface area contributed by atoms with Gasteiger partial charge in [-0.25, -0.2) is 21.6 Å². The molecule has 2 N–H and O–H groups in total. The van der Waals surface area contributed by atoms with Crippen molar-refractivity contribution in [1.82, 2.24) is 10.0 Å². The van der Waals surface area contributed by atoms with E-state index >= 15 is 0 Å². The minimum atomic E-state index is -3.44. The Kier molecular flexibility index (Phi) is 4.70. The molecule has 1 rings (SSSR count). The second kappa shape index (κ2) is 5.47. The molecule has 8 heteroatoms. The molecule has 0 amide bonds. The van der Waals surface area contributed by atoms with E-state index in [1.165, 1.54) is 6.08 Å². The van der Waals surface area contributed by atoms with Crippen LogP contribution in [0.4, 0.5) is 0 Å². The first-order valence-corrected chi connectivity index (χ1v) is 8.71. The lowest BCUT2D eigenvalue weighted by molar-refractivity contribution is 0.562. The quantitative estimate of drug-likeness (QED) is 0.666. The lowest BCUT2D eigenvalue weighted by Gasteiger charge is -2.12. The van der Waals surface area contributed by atoms with Crippen LogP contribution in [-0.2, 0) is 19.9 Å². The summed E-state index contributed by atoms with van der Waals surface area (Å²) in [5.41, 5.74) is 0. The third kappa shape index (κ3) is 5.62. The molecule has 0 aromatic rings. The van der Waals surface area contributed by atoms with Crippen molar-refractivity contribution in [1.29, 1.82) is 0 Å². The topological polar surface area (TPSA) is 92.3 Å². The van der Waals surface area contributed by atoms with Crippen LogP contribution < -0.4 is 10.0 Å². The van der Waals surface area contributed by atoms with Crippen LogP contribution in [0.15, 0.2) is 11.5 Å². The molecule has 0 radical (unpaired) electrons. The maximum absolute atomic E-state index is 11.6. The van der Waals surface area contributed by atoms with E-state index < -0.39 is 25.9 Å². The molecule has 1 atom stereocenters. The van der Waals surface area contributed by atoms with Crippen molar-refractivity contribution >= 4 is 19.9 Å². The highest BCUT2D eigenvalue weighted by molar-refractivity contribution is 7.94. The summed E-state index contributed by atoms with van der Waals surface area (Å²) in [6.45, 7) is 4.19. The van der Waals surface area contributed by atoms with Crippen molar-refractivity contribution in [2.75, 3.05) is 18.1 Å². The third-order valence-corrected chi connectivity index (χ3v) is 4.98. The fourth-order valence-corrected chi connectivity index (χ4v) is 3.89. The standard InChI is InChI=1S/C9H18N2O4S2/c1-8(2)10-4-6-17(14,15)11-9-3-5-16(12,13)7-9/h3,5,8-11H,4,6-7H2,1-2H3. The summed E-state index contributed by atoms with van der Waals surface area (Å²) in [5, 5.41) is 4.04. The van der Waals surface area contributed by atoms with Crippen molar-refractivity contribution in [3.63, 3.8) is 0 Å². The lowest BCUT2D eigenvalue weighted by atomic mass is 10.4. The Balaban J connectivity index is 2.43. The molecule has 0 fully saturated rings. The molecule has 0 aliphatic carbocycles. The normalized spacial score (nSPS) is 23.4. The van der Waals surface area contributed by atoms with Crippen molar-refractivity contribution in [2.24, 2.45) is 0 Å². The lowest BCUT2D eigenvalue weighted by Crippen LogP contribution is -2.40. The van der Waals surface area contributed by atoms with E-state index in [4.69, 9.17) is 0 Å². The Morgan fingerprint density at radius 1 is 1.41 bits per heavy atom. The smallest absolute Gasteiger partial charge is 0.213 e. The second-order valence-electron chi connectivity index (χ2n) is 4.31. The SMILES string of the molecule is CC(C)NCCS(=O)(=O)NC1C=CS(=O)(=O)C1. The predicted octanol–water partition coefficient (Wildman–Crippen LogP) is -0.785. The van der Waals surface area contributed by atoms with Crippen molar-refractivity contribution < 1.29 is 16.8 Å². The highest BCUT2D eigenvalue weighted by Gasteiger charge is 2.25. The van der Waals surface area contributed by atoms with Gasteiger partial charge < -0.3 is 5.32 Å². The molecule has 0 bridgehead atoms. The molecular formula is C9H18N2O4S2. The number of hydrogen-bond donors (Lipinski definition) is 2. The highest BCUT2D eigenvalue weighted by Crippen LogP contribution is 2.08. The number of sulfone groups is 1. The molecule has 0 aromatic heterocycles. The summed E-state index contributed by atoms with van der Waals surface area (Å²) in [4.78, 5) is 0. The Hall–Kier alpha value is -0.440.